The van der Waals surface area contributed by atoms with Gasteiger partial charge < -0.3 is 14.6 Å². The average Bonchev–Trinajstić information content (AvgIpc) is 3.31. The minimum absolute atomic E-state index is 0.171. The van der Waals surface area contributed by atoms with Gasteiger partial charge in [-0.05, 0) is 23.0 Å². The van der Waals surface area contributed by atoms with Crippen LogP contribution in [0.25, 0.3) is 0 Å². The van der Waals surface area contributed by atoms with Crippen molar-refractivity contribution in [3.63, 3.8) is 0 Å². The van der Waals surface area contributed by atoms with Crippen LogP contribution in [0.4, 0.5) is 13.2 Å². The van der Waals surface area contributed by atoms with E-state index in [-0.39, 0.29) is 5.41 Å². The first-order valence-electron chi connectivity index (χ1n) is 9.13. The van der Waals surface area contributed by atoms with Crippen LogP contribution in [-0.2, 0) is 29.5 Å². The number of alkyl halides is 3. The molecule has 0 atom stereocenters. The summed E-state index contributed by atoms with van der Waals surface area (Å²) in [4.78, 5) is 20.4. The number of benzene rings is 1. The second-order valence-electron chi connectivity index (χ2n) is 7.61. The lowest BCUT2D eigenvalue weighted by molar-refractivity contribution is -0.192. The van der Waals surface area contributed by atoms with Gasteiger partial charge in [0.05, 0.1) is 6.33 Å². The Morgan fingerprint density at radius 1 is 1.13 bits per heavy atom. The highest BCUT2D eigenvalue weighted by Gasteiger charge is 2.38. The normalized spacial score (nSPS) is 11.7. The smallest absolute Gasteiger partial charge is 0.475 e. The number of aryl methyl sites for hydroxylation is 2. The summed E-state index contributed by atoms with van der Waals surface area (Å²) in [5.41, 5.74) is 3.76. The van der Waals surface area contributed by atoms with Gasteiger partial charge >= 0.3 is 12.1 Å². The fourth-order valence-corrected chi connectivity index (χ4v) is 2.43. The molecule has 0 saturated heterocycles. The lowest BCUT2D eigenvalue weighted by atomic mass is 9.86. The molecule has 2 aromatic heterocycles. The summed E-state index contributed by atoms with van der Waals surface area (Å²) in [6, 6.07) is 8.63. The minimum Gasteiger partial charge on any atom is -0.475 e. The maximum Gasteiger partial charge on any atom is 0.490 e. The van der Waals surface area contributed by atoms with Crippen LogP contribution in [0.3, 0.4) is 0 Å². The Morgan fingerprint density at radius 2 is 1.77 bits per heavy atom. The molecule has 2 N–H and O–H groups in total. The van der Waals surface area contributed by atoms with Crippen LogP contribution in [0.5, 0.6) is 0 Å². The lowest BCUT2D eigenvalue weighted by Gasteiger charge is -2.18. The fourth-order valence-electron chi connectivity index (χ4n) is 2.43. The van der Waals surface area contributed by atoms with Gasteiger partial charge in [-0.1, -0.05) is 50.2 Å². The maximum atomic E-state index is 10.6. The summed E-state index contributed by atoms with van der Waals surface area (Å²) in [5.74, 6) is -1.36. The molecule has 3 aromatic rings. The molecule has 0 saturated carbocycles. The molecule has 0 aliphatic heterocycles. The third-order valence-corrected chi connectivity index (χ3v) is 4.10. The Hall–Kier alpha value is -3.17. The highest BCUT2D eigenvalue weighted by atomic mass is 19.4. The molecule has 7 nitrogen and oxygen atoms in total. The van der Waals surface area contributed by atoms with Gasteiger partial charge in [-0.25, -0.2) is 9.78 Å². The van der Waals surface area contributed by atoms with Crippen LogP contribution in [0.2, 0.25) is 0 Å². The summed E-state index contributed by atoms with van der Waals surface area (Å²) in [7, 11) is 0. The van der Waals surface area contributed by atoms with Crippen molar-refractivity contribution in [3.05, 3.63) is 65.3 Å². The van der Waals surface area contributed by atoms with Crippen molar-refractivity contribution in [2.75, 3.05) is 0 Å². The Labute approximate surface area is 171 Å². The van der Waals surface area contributed by atoms with E-state index in [0.717, 1.165) is 24.4 Å². The number of hydrogen-bond donors (Lipinski definition) is 2. The highest BCUT2D eigenvalue weighted by molar-refractivity contribution is 5.73. The van der Waals surface area contributed by atoms with Crippen molar-refractivity contribution in [3.8, 4) is 0 Å². The van der Waals surface area contributed by atoms with Crippen LogP contribution in [0.15, 0.2) is 41.3 Å². The molecule has 0 radical (unpaired) electrons. The Morgan fingerprint density at radius 3 is 2.27 bits per heavy atom. The predicted octanol–water partition coefficient (Wildman–Crippen LogP) is 4.10. The number of carboxylic acids is 1. The number of hydrogen-bond acceptors (Lipinski definition) is 5. The van der Waals surface area contributed by atoms with Gasteiger partial charge in [-0.3, -0.25) is 0 Å². The number of aromatic nitrogens is 4. The summed E-state index contributed by atoms with van der Waals surface area (Å²) in [6.45, 7) is 6.65. The summed E-state index contributed by atoms with van der Waals surface area (Å²) in [5, 5.41) is 11.2. The zero-order valence-electron chi connectivity index (χ0n) is 16.8. The van der Waals surface area contributed by atoms with Crippen molar-refractivity contribution < 1.29 is 27.6 Å². The van der Waals surface area contributed by atoms with Gasteiger partial charge in [0.25, 0.3) is 0 Å². The molecule has 0 aliphatic carbocycles. The molecule has 2 heterocycles. The maximum absolute atomic E-state index is 10.6. The fraction of sp³-hybridized carbons (Fsp3) is 0.400. The number of carboxylic acid groups (broad SMARTS) is 1. The quantitative estimate of drug-likeness (QED) is 0.639. The number of imidazole rings is 1. The number of aliphatic carboxylic acids is 1. The predicted molar refractivity (Wildman–Crippen MR) is 102 cm³/mol. The molecule has 0 spiro atoms. The van der Waals surface area contributed by atoms with E-state index in [1.165, 1.54) is 11.1 Å². The number of halogens is 3. The molecule has 0 amide bonds. The zero-order chi connectivity index (χ0) is 22.4. The monoisotopic (exact) mass is 424 g/mol. The van der Waals surface area contributed by atoms with E-state index in [1.54, 1.807) is 6.33 Å². The Bertz CT molecular complexity index is 928. The molecule has 0 bridgehead atoms. The molecule has 0 aliphatic rings. The summed E-state index contributed by atoms with van der Waals surface area (Å²) >= 11 is 0. The van der Waals surface area contributed by atoms with E-state index in [4.69, 9.17) is 14.4 Å². The van der Waals surface area contributed by atoms with Gasteiger partial charge in [-0.2, -0.15) is 18.2 Å². The third-order valence-electron chi connectivity index (χ3n) is 4.10. The Kier molecular flexibility index (Phi) is 7.36. The van der Waals surface area contributed by atoms with Crippen molar-refractivity contribution in [1.82, 2.24) is 20.1 Å². The summed E-state index contributed by atoms with van der Waals surface area (Å²) < 4.78 is 37.1. The number of H-pyrrole nitrogens is 1. The highest BCUT2D eigenvalue weighted by Crippen LogP contribution is 2.22. The number of nitrogens with one attached hydrogen (secondary N) is 1. The minimum atomic E-state index is -5.08. The van der Waals surface area contributed by atoms with Crippen LogP contribution < -0.4 is 0 Å². The molecular weight excluding hydrogens is 401 g/mol. The molecule has 0 fully saturated rings. The van der Waals surface area contributed by atoms with Crippen molar-refractivity contribution in [1.29, 1.82) is 0 Å². The first-order valence-corrected chi connectivity index (χ1v) is 9.13. The number of nitrogens with zero attached hydrogens (tertiary/aromatic N) is 3. The molecular formula is C20H23F3N4O3. The molecule has 0 unspecified atom stereocenters. The van der Waals surface area contributed by atoms with Gasteiger partial charge in [0.2, 0.25) is 5.89 Å². The molecule has 1 aromatic carbocycles. The third kappa shape index (κ3) is 7.34. The average molecular weight is 424 g/mol. The largest absolute Gasteiger partial charge is 0.490 e. The summed E-state index contributed by atoms with van der Waals surface area (Å²) in [6.07, 6.45) is 0.641. The molecule has 3 rings (SSSR count). The van der Waals surface area contributed by atoms with E-state index < -0.39 is 12.1 Å². The standard InChI is InChI=1S/C18H22N4O.C2HF3O2/c1-18(2,3)14-6-4-13(5-7-14)10-16-21-17(23-22-16)9-8-15-11-19-12-20-15;3-2(4,5)1(6)7/h4-7,11-12H,8-10H2,1-3H3,(H,19,20);(H,6,7). The van der Waals surface area contributed by atoms with Crippen LogP contribution in [0.1, 0.15) is 49.3 Å². The number of carbonyl (C=O) groups is 1. The topological polar surface area (TPSA) is 105 Å². The van der Waals surface area contributed by atoms with Gasteiger partial charge in [0, 0.05) is 24.7 Å². The second-order valence-corrected chi connectivity index (χ2v) is 7.61. The van der Waals surface area contributed by atoms with Crippen molar-refractivity contribution in [2.24, 2.45) is 0 Å². The molecule has 30 heavy (non-hydrogen) atoms. The SMILES string of the molecule is CC(C)(C)c1ccc(Cc2noc(CCc3cnc[nH]3)n2)cc1.O=C(O)C(F)(F)F. The van der Waals surface area contributed by atoms with Gasteiger partial charge in [0.15, 0.2) is 5.82 Å². The van der Waals surface area contributed by atoms with Crippen molar-refractivity contribution >= 4 is 5.97 Å². The van der Waals surface area contributed by atoms with Crippen LogP contribution in [0, 0.1) is 0 Å². The van der Waals surface area contributed by atoms with Crippen LogP contribution in [-0.4, -0.2) is 37.4 Å². The molecule has 10 heteroatoms. The van der Waals surface area contributed by atoms with E-state index in [2.05, 4.69) is 65.1 Å². The zero-order valence-corrected chi connectivity index (χ0v) is 16.8. The number of rotatable bonds is 5. The first kappa shape index (κ1) is 23.1. The number of aromatic amines is 1. The van der Waals surface area contributed by atoms with E-state index in [9.17, 15) is 13.2 Å². The van der Waals surface area contributed by atoms with Crippen molar-refractivity contribution in [2.45, 2.75) is 51.6 Å². The van der Waals surface area contributed by atoms with Gasteiger partial charge in [-0.15, -0.1) is 0 Å². The van der Waals surface area contributed by atoms with Crippen LogP contribution >= 0.6 is 0 Å². The lowest BCUT2D eigenvalue weighted by Crippen LogP contribution is -2.21. The van der Waals surface area contributed by atoms with E-state index in [1.807, 2.05) is 6.20 Å². The Balaban J connectivity index is 0.000000396. The van der Waals surface area contributed by atoms with E-state index in [0.29, 0.717) is 12.3 Å². The van der Waals surface area contributed by atoms with Gasteiger partial charge in [0.1, 0.15) is 0 Å². The second kappa shape index (κ2) is 9.55. The first-order chi connectivity index (χ1) is 13.9. The van der Waals surface area contributed by atoms with E-state index >= 15 is 0 Å². The molecule has 162 valence electrons.